The molecule has 7 heteroatoms. The molecule has 2 N–H and O–H groups in total. The molecule has 0 fully saturated rings. The molecule has 0 bridgehead atoms. The summed E-state index contributed by atoms with van der Waals surface area (Å²) in [5, 5.41) is 12.5. The van der Waals surface area contributed by atoms with Crippen LogP contribution in [0.15, 0.2) is 24.4 Å². The van der Waals surface area contributed by atoms with Crippen molar-refractivity contribution in [1.82, 2.24) is 20.7 Å². The normalized spacial score (nSPS) is 13.0. The van der Waals surface area contributed by atoms with Gasteiger partial charge in [0, 0.05) is 6.54 Å². The summed E-state index contributed by atoms with van der Waals surface area (Å²) in [5.74, 6) is 1.29. The van der Waals surface area contributed by atoms with Crippen LogP contribution in [0.25, 0.3) is 0 Å². The first-order chi connectivity index (χ1) is 9.83. The van der Waals surface area contributed by atoms with Crippen molar-refractivity contribution in [3.8, 4) is 11.5 Å². The summed E-state index contributed by atoms with van der Waals surface area (Å²) in [6.07, 6.45) is 2.10. The fourth-order valence-electron chi connectivity index (χ4n) is 1.97. The first kappa shape index (κ1) is 12.5. The lowest BCUT2D eigenvalue weighted by Gasteiger charge is -2.18. The van der Waals surface area contributed by atoms with Gasteiger partial charge in [0.1, 0.15) is 13.2 Å². The van der Waals surface area contributed by atoms with Gasteiger partial charge in [0.25, 0.3) is 5.91 Å². The zero-order valence-electron chi connectivity index (χ0n) is 10.8. The van der Waals surface area contributed by atoms with Gasteiger partial charge in [-0.15, -0.1) is 0 Å². The number of rotatable bonds is 4. The predicted molar refractivity (Wildman–Crippen MR) is 69.9 cm³/mol. The molecule has 2 aromatic rings. The van der Waals surface area contributed by atoms with Crippen LogP contribution >= 0.6 is 0 Å². The fourth-order valence-corrected chi connectivity index (χ4v) is 1.97. The number of amides is 1. The Hall–Kier alpha value is -2.57. The number of benzene rings is 1. The van der Waals surface area contributed by atoms with E-state index in [0.29, 0.717) is 26.2 Å². The van der Waals surface area contributed by atoms with Crippen LogP contribution in [0, 0.1) is 0 Å². The molecule has 7 nitrogen and oxygen atoms in total. The van der Waals surface area contributed by atoms with Crippen LogP contribution in [0.5, 0.6) is 11.5 Å². The molecular formula is C13H14N4O3. The first-order valence-corrected chi connectivity index (χ1v) is 6.35. The molecule has 3 rings (SSSR count). The highest BCUT2D eigenvalue weighted by Gasteiger charge is 2.12. The smallest absolute Gasteiger partial charge is 0.273 e. The largest absolute Gasteiger partial charge is 0.486 e. The monoisotopic (exact) mass is 274 g/mol. The molecule has 1 aromatic carbocycles. The van der Waals surface area contributed by atoms with Gasteiger partial charge in [0.2, 0.25) is 0 Å². The van der Waals surface area contributed by atoms with Crippen molar-refractivity contribution >= 4 is 5.91 Å². The zero-order valence-corrected chi connectivity index (χ0v) is 10.8. The average molecular weight is 274 g/mol. The van der Waals surface area contributed by atoms with E-state index in [9.17, 15) is 4.79 Å². The topological polar surface area (TPSA) is 89.1 Å². The minimum Gasteiger partial charge on any atom is -0.486 e. The number of carbonyl (C=O) groups excluding carboxylic acids is 1. The number of fused-ring (bicyclic) bond motifs is 1. The maximum absolute atomic E-state index is 11.7. The van der Waals surface area contributed by atoms with E-state index in [4.69, 9.17) is 9.47 Å². The summed E-state index contributed by atoms with van der Waals surface area (Å²) in [6.45, 7) is 1.67. The van der Waals surface area contributed by atoms with E-state index in [1.54, 1.807) is 0 Å². The molecule has 0 aliphatic carbocycles. The summed E-state index contributed by atoms with van der Waals surface area (Å²) < 4.78 is 11.0. The molecule has 0 atom stereocenters. The Morgan fingerprint density at radius 3 is 2.95 bits per heavy atom. The number of aromatic amines is 1. The van der Waals surface area contributed by atoms with Crippen molar-refractivity contribution in [2.45, 2.75) is 6.42 Å². The highest BCUT2D eigenvalue weighted by Crippen LogP contribution is 2.30. The molecule has 104 valence electrons. The van der Waals surface area contributed by atoms with Crippen molar-refractivity contribution in [2.75, 3.05) is 19.8 Å². The Labute approximate surface area is 115 Å². The first-order valence-electron chi connectivity index (χ1n) is 6.35. The van der Waals surface area contributed by atoms with Crippen LogP contribution < -0.4 is 14.8 Å². The highest BCUT2D eigenvalue weighted by atomic mass is 16.6. The molecule has 1 amide bonds. The van der Waals surface area contributed by atoms with E-state index in [1.807, 2.05) is 18.2 Å². The number of aromatic nitrogens is 3. The van der Waals surface area contributed by atoms with Crippen LogP contribution in [0.2, 0.25) is 0 Å². The van der Waals surface area contributed by atoms with Gasteiger partial charge in [-0.3, -0.25) is 4.79 Å². The molecule has 20 heavy (non-hydrogen) atoms. The summed E-state index contributed by atoms with van der Waals surface area (Å²) in [4.78, 5) is 11.7. The lowest BCUT2D eigenvalue weighted by atomic mass is 10.1. The molecule has 0 spiro atoms. The average Bonchev–Trinajstić information content (AvgIpc) is 3.01. The maximum atomic E-state index is 11.7. The summed E-state index contributed by atoms with van der Waals surface area (Å²) in [6, 6.07) is 5.80. The van der Waals surface area contributed by atoms with Crippen LogP contribution in [0.3, 0.4) is 0 Å². The maximum Gasteiger partial charge on any atom is 0.273 e. The second-order valence-corrected chi connectivity index (χ2v) is 4.34. The Balaban J connectivity index is 1.55. The molecule has 1 aliphatic rings. The molecule has 1 aliphatic heterocycles. The van der Waals surface area contributed by atoms with Crippen molar-refractivity contribution in [1.29, 1.82) is 0 Å². The van der Waals surface area contributed by atoms with Gasteiger partial charge < -0.3 is 14.8 Å². The highest BCUT2D eigenvalue weighted by molar-refractivity contribution is 5.91. The number of H-pyrrole nitrogens is 1. The van der Waals surface area contributed by atoms with Gasteiger partial charge in [-0.2, -0.15) is 15.4 Å². The molecule has 2 heterocycles. The van der Waals surface area contributed by atoms with Crippen LogP contribution in [0.4, 0.5) is 0 Å². The second kappa shape index (κ2) is 5.60. The Kier molecular flexibility index (Phi) is 3.49. The molecule has 0 saturated carbocycles. The van der Waals surface area contributed by atoms with E-state index in [-0.39, 0.29) is 11.6 Å². The van der Waals surface area contributed by atoms with E-state index in [2.05, 4.69) is 20.7 Å². The van der Waals surface area contributed by atoms with Crippen molar-refractivity contribution in [3.63, 3.8) is 0 Å². The molecule has 0 saturated heterocycles. The van der Waals surface area contributed by atoms with E-state index >= 15 is 0 Å². The lowest BCUT2D eigenvalue weighted by Crippen LogP contribution is -2.26. The molecular weight excluding hydrogens is 260 g/mol. The number of ether oxygens (including phenoxy) is 2. The number of hydrogen-bond donors (Lipinski definition) is 2. The van der Waals surface area contributed by atoms with Gasteiger partial charge >= 0.3 is 0 Å². The van der Waals surface area contributed by atoms with Gasteiger partial charge in [0.15, 0.2) is 17.2 Å². The quantitative estimate of drug-likeness (QED) is 0.849. The van der Waals surface area contributed by atoms with E-state index in [0.717, 1.165) is 17.1 Å². The standard InChI is InChI=1S/C13H14N4O3/c18-13(10-8-15-17-16-10)14-4-3-9-1-2-11-12(7-9)20-6-5-19-11/h1-2,7-8H,3-6H2,(H,14,18)(H,15,16,17). The predicted octanol–water partition coefficient (Wildman–Crippen LogP) is 0.548. The number of carbonyl (C=O) groups is 1. The number of nitrogens with zero attached hydrogens (tertiary/aromatic N) is 2. The van der Waals surface area contributed by atoms with Crippen LogP contribution in [-0.2, 0) is 6.42 Å². The third-order valence-electron chi connectivity index (χ3n) is 2.95. The minimum atomic E-state index is -0.240. The van der Waals surface area contributed by atoms with Gasteiger partial charge in [-0.05, 0) is 24.1 Å². The third-order valence-corrected chi connectivity index (χ3v) is 2.95. The second-order valence-electron chi connectivity index (χ2n) is 4.34. The van der Waals surface area contributed by atoms with Crippen molar-refractivity contribution < 1.29 is 14.3 Å². The van der Waals surface area contributed by atoms with Crippen LogP contribution in [-0.4, -0.2) is 41.1 Å². The number of nitrogens with one attached hydrogen (secondary N) is 2. The third kappa shape index (κ3) is 2.71. The van der Waals surface area contributed by atoms with Gasteiger partial charge in [-0.1, -0.05) is 6.07 Å². The van der Waals surface area contributed by atoms with Crippen molar-refractivity contribution in [2.24, 2.45) is 0 Å². The Bertz CT molecular complexity index is 598. The Morgan fingerprint density at radius 2 is 2.15 bits per heavy atom. The minimum absolute atomic E-state index is 0.240. The lowest BCUT2D eigenvalue weighted by molar-refractivity contribution is 0.0949. The number of hydrogen-bond acceptors (Lipinski definition) is 5. The van der Waals surface area contributed by atoms with E-state index in [1.165, 1.54) is 6.20 Å². The van der Waals surface area contributed by atoms with Gasteiger partial charge in [0.05, 0.1) is 6.20 Å². The molecule has 0 unspecified atom stereocenters. The fraction of sp³-hybridized carbons (Fsp3) is 0.308. The Morgan fingerprint density at radius 1 is 1.30 bits per heavy atom. The SMILES string of the molecule is O=C(NCCc1ccc2c(c1)OCCO2)c1cn[nH]n1. The summed E-state index contributed by atoms with van der Waals surface area (Å²) in [5.41, 5.74) is 1.36. The van der Waals surface area contributed by atoms with Crippen molar-refractivity contribution in [3.05, 3.63) is 35.7 Å². The van der Waals surface area contributed by atoms with Crippen LogP contribution in [0.1, 0.15) is 16.1 Å². The van der Waals surface area contributed by atoms with E-state index < -0.39 is 0 Å². The molecule has 1 aromatic heterocycles. The van der Waals surface area contributed by atoms with Gasteiger partial charge in [-0.25, -0.2) is 0 Å². The zero-order chi connectivity index (χ0) is 13.8. The summed E-state index contributed by atoms with van der Waals surface area (Å²) >= 11 is 0. The molecule has 0 radical (unpaired) electrons. The summed E-state index contributed by atoms with van der Waals surface area (Å²) in [7, 11) is 0.